The highest BCUT2D eigenvalue weighted by molar-refractivity contribution is 14.1. The lowest BCUT2D eigenvalue weighted by atomic mass is 10.2. The molecule has 0 aromatic heterocycles. The first kappa shape index (κ1) is 12.2. The van der Waals surface area contributed by atoms with E-state index in [1.165, 1.54) is 0 Å². The molecule has 1 saturated heterocycles. The summed E-state index contributed by atoms with van der Waals surface area (Å²) >= 11 is 3.73. The lowest BCUT2D eigenvalue weighted by Gasteiger charge is -2.26. The summed E-state index contributed by atoms with van der Waals surface area (Å²) in [7, 11) is 0. The van der Waals surface area contributed by atoms with Crippen LogP contribution in [0.3, 0.4) is 0 Å². The van der Waals surface area contributed by atoms with E-state index in [1.54, 1.807) is 23.1 Å². The van der Waals surface area contributed by atoms with E-state index in [0.717, 1.165) is 11.5 Å². The maximum atomic E-state index is 13.7. The van der Waals surface area contributed by atoms with Crippen molar-refractivity contribution in [3.63, 3.8) is 0 Å². The van der Waals surface area contributed by atoms with E-state index in [-0.39, 0.29) is 11.5 Å². The Labute approximate surface area is 112 Å². The predicted molar refractivity (Wildman–Crippen MR) is 72.3 cm³/mol. The summed E-state index contributed by atoms with van der Waals surface area (Å²) in [6, 6.07) is 4.94. The third-order valence-electron chi connectivity index (χ3n) is 2.48. The van der Waals surface area contributed by atoms with E-state index in [9.17, 15) is 9.18 Å². The highest BCUT2D eigenvalue weighted by Gasteiger charge is 2.21. The zero-order chi connectivity index (χ0) is 11.5. The molecule has 0 unspecified atom stereocenters. The molecule has 1 heterocycles. The number of thioether (sulfide) groups is 1. The predicted octanol–water partition coefficient (Wildman–Crippen LogP) is 2.62. The topological polar surface area (TPSA) is 20.3 Å². The van der Waals surface area contributed by atoms with Crippen LogP contribution in [-0.2, 0) is 0 Å². The van der Waals surface area contributed by atoms with Crippen LogP contribution in [0.15, 0.2) is 18.2 Å². The number of rotatable bonds is 1. The zero-order valence-corrected chi connectivity index (χ0v) is 11.6. The summed E-state index contributed by atoms with van der Waals surface area (Å²) in [4.78, 5) is 13.8. The molecular formula is C11H11FINOS. The molecular weight excluding hydrogens is 340 g/mol. The fourth-order valence-electron chi connectivity index (χ4n) is 1.61. The molecule has 2 rings (SSSR count). The van der Waals surface area contributed by atoms with Gasteiger partial charge in [0.25, 0.3) is 5.91 Å². The van der Waals surface area contributed by atoms with Gasteiger partial charge in [-0.05, 0) is 34.7 Å². The number of carbonyl (C=O) groups excluding carboxylic acids is 1. The van der Waals surface area contributed by atoms with E-state index in [2.05, 4.69) is 0 Å². The van der Waals surface area contributed by atoms with Crippen molar-refractivity contribution in [3.05, 3.63) is 33.1 Å². The summed E-state index contributed by atoms with van der Waals surface area (Å²) in [5, 5.41) is 0. The van der Waals surface area contributed by atoms with Crippen molar-refractivity contribution in [2.75, 3.05) is 24.6 Å². The van der Waals surface area contributed by atoms with Gasteiger partial charge in [0.2, 0.25) is 0 Å². The second-order valence-electron chi connectivity index (χ2n) is 3.51. The van der Waals surface area contributed by atoms with Gasteiger partial charge in [0.05, 0.1) is 5.56 Å². The van der Waals surface area contributed by atoms with Crippen molar-refractivity contribution < 1.29 is 9.18 Å². The monoisotopic (exact) mass is 351 g/mol. The van der Waals surface area contributed by atoms with Gasteiger partial charge >= 0.3 is 0 Å². The summed E-state index contributed by atoms with van der Waals surface area (Å²) in [6.45, 7) is 1.43. The van der Waals surface area contributed by atoms with E-state index in [0.29, 0.717) is 16.7 Å². The van der Waals surface area contributed by atoms with Crippen molar-refractivity contribution in [2.24, 2.45) is 0 Å². The first-order valence-electron chi connectivity index (χ1n) is 5.01. The first-order chi connectivity index (χ1) is 7.70. The molecule has 0 atom stereocenters. The minimum Gasteiger partial charge on any atom is -0.337 e. The Hall–Kier alpha value is -0.300. The molecule has 1 aliphatic rings. The molecule has 0 aliphatic carbocycles. The molecule has 86 valence electrons. The number of hydrogen-bond donors (Lipinski definition) is 0. The van der Waals surface area contributed by atoms with Crippen molar-refractivity contribution in [1.82, 2.24) is 4.90 Å². The summed E-state index contributed by atoms with van der Waals surface area (Å²) in [5.74, 6) is 1.30. The van der Waals surface area contributed by atoms with Crippen LogP contribution in [0.2, 0.25) is 0 Å². The van der Waals surface area contributed by atoms with Crippen LogP contribution in [0.4, 0.5) is 4.39 Å². The van der Waals surface area contributed by atoms with Crippen molar-refractivity contribution >= 4 is 40.3 Å². The number of amides is 1. The van der Waals surface area contributed by atoms with E-state index in [4.69, 9.17) is 0 Å². The lowest BCUT2D eigenvalue weighted by Crippen LogP contribution is -2.38. The van der Waals surface area contributed by atoms with Crippen LogP contribution in [0.5, 0.6) is 0 Å². The molecule has 1 aromatic rings. The molecule has 0 N–H and O–H groups in total. The molecule has 16 heavy (non-hydrogen) atoms. The van der Waals surface area contributed by atoms with Gasteiger partial charge in [0.1, 0.15) is 5.82 Å². The molecule has 0 spiro atoms. The Bertz CT molecular complexity index is 407. The Morgan fingerprint density at radius 2 is 2.06 bits per heavy atom. The number of halogens is 2. The Kier molecular flexibility index (Phi) is 4.07. The fourth-order valence-corrected chi connectivity index (χ4v) is 3.01. The average molecular weight is 351 g/mol. The zero-order valence-electron chi connectivity index (χ0n) is 8.58. The largest absolute Gasteiger partial charge is 0.337 e. The number of benzene rings is 1. The maximum Gasteiger partial charge on any atom is 0.256 e. The Balaban J connectivity index is 2.22. The quantitative estimate of drug-likeness (QED) is 0.725. The molecule has 0 radical (unpaired) electrons. The van der Waals surface area contributed by atoms with Gasteiger partial charge in [-0.1, -0.05) is 6.07 Å². The fraction of sp³-hybridized carbons (Fsp3) is 0.364. The average Bonchev–Trinajstić information content (AvgIpc) is 2.33. The minimum atomic E-state index is -0.397. The standard InChI is InChI=1S/C11H11FINOS/c12-10-8(2-1-3-9(10)13)11(15)14-4-6-16-7-5-14/h1-3H,4-7H2. The Morgan fingerprint density at radius 3 is 2.75 bits per heavy atom. The number of nitrogens with zero attached hydrogens (tertiary/aromatic N) is 1. The first-order valence-corrected chi connectivity index (χ1v) is 7.24. The SMILES string of the molecule is O=C(c1cccc(I)c1F)N1CCSCC1. The number of hydrogen-bond acceptors (Lipinski definition) is 2. The van der Waals surface area contributed by atoms with Crippen LogP contribution < -0.4 is 0 Å². The molecule has 1 aromatic carbocycles. The van der Waals surface area contributed by atoms with Crippen LogP contribution in [0.25, 0.3) is 0 Å². The summed E-state index contributed by atoms with van der Waals surface area (Å²) < 4.78 is 14.2. The van der Waals surface area contributed by atoms with Gasteiger partial charge in [-0.2, -0.15) is 11.8 Å². The van der Waals surface area contributed by atoms with Gasteiger partial charge in [-0.15, -0.1) is 0 Å². The van der Waals surface area contributed by atoms with Crippen LogP contribution >= 0.6 is 34.4 Å². The van der Waals surface area contributed by atoms with Crippen molar-refractivity contribution in [2.45, 2.75) is 0 Å². The van der Waals surface area contributed by atoms with E-state index < -0.39 is 5.82 Å². The lowest BCUT2D eigenvalue weighted by molar-refractivity contribution is 0.0767. The molecule has 1 fully saturated rings. The van der Waals surface area contributed by atoms with Gasteiger partial charge in [0.15, 0.2) is 0 Å². The second kappa shape index (κ2) is 5.35. The number of carbonyl (C=O) groups is 1. The van der Waals surface area contributed by atoms with E-state index in [1.807, 2.05) is 34.4 Å². The highest BCUT2D eigenvalue weighted by atomic mass is 127. The van der Waals surface area contributed by atoms with Crippen LogP contribution in [0, 0.1) is 9.39 Å². The van der Waals surface area contributed by atoms with Gasteiger partial charge in [-0.25, -0.2) is 4.39 Å². The van der Waals surface area contributed by atoms with Gasteiger partial charge in [-0.3, -0.25) is 4.79 Å². The molecule has 0 bridgehead atoms. The third kappa shape index (κ3) is 2.51. The normalized spacial score (nSPS) is 16.2. The minimum absolute atomic E-state index is 0.184. The Morgan fingerprint density at radius 1 is 1.38 bits per heavy atom. The molecule has 1 aliphatic heterocycles. The third-order valence-corrected chi connectivity index (χ3v) is 4.26. The van der Waals surface area contributed by atoms with Crippen LogP contribution in [0.1, 0.15) is 10.4 Å². The molecule has 2 nitrogen and oxygen atoms in total. The van der Waals surface area contributed by atoms with Crippen LogP contribution in [-0.4, -0.2) is 35.4 Å². The van der Waals surface area contributed by atoms with Gasteiger partial charge in [0, 0.05) is 28.2 Å². The molecule has 5 heteroatoms. The smallest absolute Gasteiger partial charge is 0.256 e. The van der Waals surface area contributed by atoms with Crippen molar-refractivity contribution in [3.8, 4) is 0 Å². The maximum absolute atomic E-state index is 13.7. The van der Waals surface area contributed by atoms with Crippen molar-refractivity contribution in [1.29, 1.82) is 0 Å². The summed E-state index contributed by atoms with van der Waals surface area (Å²) in [5.41, 5.74) is 0.193. The van der Waals surface area contributed by atoms with E-state index >= 15 is 0 Å². The molecule has 0 saturated carbocycles. The molecule has 1 amide bonds. The van der Waals surface area contributed by atoms with Gasteiger partial charge < -0.3 is 4.90 Å². The second-order valence-corrected chi connectivity index (χ2v) is 5.89. The summed E-state index contributed by atoms with van der Waals surface area (Å²) in [6.07, 6.45) is 0. The highest BCUT2D eigenvalue weighted by Crippen LogP contribution is 2.18.